The molecule has 1 aromatic rings. The summed E-state index contributed by atoms with van der Waals surface area (Å²) in [6, 6.07) is 0. The molecule has 0 bridgehead atoms. The number of hydrogen-bond donors (Lipinski definition) is 0. The number of hydrogen-bond acceptors (Lipinski definition) is 2. The Balaban J connectivity index is 3.26. The van der Waals surface area contributed by atoms with Crippen LogP contribution < -0.4 is 4.74 Å². The first-order valence-electron chi connectivity index (χ1n) is 4.15. The molecule has 0 aliphatic rings. The first-order chi connectivity index (χ1) is 5.88. The maximum atomic E-state index is 6.11. The molecule has 3 nitrogen and oxygen atoms in total. The highest BCUT2D eigenvalue weighted by atomic mass is 35.5. The van der Waals surface area contributed by atoms with Gasteiger partial charge in [0.15, 0.2) is 0 Å². The number of aryl methyl sites for hydroxylation is 1. The molecule has 74 valence electrons. The molecule has 0 unspecified atom stereocenters. The van der Waals surface area contributed by atoms with Crippen molar-refractivity contribution in [2.45, 2.75) is 26.2 Å². The number of rotatable bonds is 1. The van der Waals surface area contributed by atoms with Gasteiger partial charge in [-0.1, -0.05) is 32.4 Å². The second-order valence-electron chi connectivity index (χ2n) is 4.05. The van der Waals surface area contributed by atoms with Crippen LogP contribution in [0.25, 0.3) is 0 Å². The van der Waals surface area contributed by atoms with E-state index in [1.807, 2.05) is 7.05 Å². The molecular formula is C9H15ClN2O. The van der Waals surface area contributed by atoms with Crippen LogP contribution in [0, 0.1) is 0 Å². The zero-order valence-corrected chi connectivity index (χ0v) is 9.44. The molecule has 0 atom stereocenters. The number of ether oxygens (including phenoxy) is 1. The van der Waals surface area contributed by atoms with Crippen molar-refractivity contribution in [1.29, 1.82) is 0 Å². The van der Waals surface area contributed by atoms with Gasteiger partial charge in [-0.2, -0.15) is 5.10 Å². The van der Waals surface area contributed by atoms with Crippen molar-refractivity contribution >= 4 is 11.6 Å². The first-order valence-corrected chi connectivity index (χ1v) is 4.52. The summed E-state index contributed by atoms with van der Waals surface area (Å²) in [6.45, 7) is 6.21. The maximum Gasteiger partial charge on any atom is 0.230 e. The zero-order valence-electron chi connectivity index (χ0n) is 8.68. The average molecular weight is 203 g/mol. The van der Waals surface area contributed by atoms with Crippen molar-refractivity contribution in [1.82, 2.24) is 9.78 Å². The van der Waals surface area contributed by atoms with Crippen LogP contribution in [0.2, 0.25) is 5.02 Å². The Labute approximate surface area is 83.6 Å². The third-order valence-corrected chi connectivity index (χ3v) is 2.18. The molecule has 0 fully saturated rings. The topological polar surface area (TPSA) is 27.1 Å². The van der Waals surface area contributed by atoms with E-state index in [4.69, 9.17) is 16.3 Å². The van der Waals surface area contributed by atoms with Crippen LogP contribution in [0.5, 0.6) is 5.88 Å². The lowest BCUT2D eigenvalue weighted by atomic mass is 9.92. The second-order valence-corrected chi connectivity index (χ2v) is 4.42. The molecule has 1 rings (SSSR count). The fraction of sp³-hybridized carbons (Fsp3) is 0.667. The van der Waals surface area contributed by atoms with Gasteiger partial charge < -0.3 is 4.74 Å². The fourth-order valence-corrected chi connectivity index (χ4v) is 1.70. The Morgan fingerprint density at radius 2 is 1.92 bits per heavy atom. The van der Waals surface area contributed by atoms with Crippen LogP contribution in [0.3, 0.4) is 0 Å². The molecule has 1 heterocycles. The predicted molar refractivity (Wildman–Crippen MR) is 53.5 cm³/mol. The smallest absolute Gasteiger partial charge is 0.230 e. The summed E-state index contributed by atoms with van der Waals surface area (Å²) in [5, 5.41) is 4.92. The van der Waals surface area contributed by atoms with E-state index in [1.165, 1.54) is 0 Å². The van der Waals surface area contributed by atoms with Gasteiger partial charge in [0, 0.05) is 12.5 Å². The molecule has 0 saturated carbocycles. The van der Waals surface area contributed by atoms with E-state index in [-0.39, 0.29) is 5.41 Å². The Bertz CT molecular complexity index is 312. The van der Waals surface area contributed by atoms with Crippen LogP contribution in [0.15, 0.2) is 0 Å². The Morgan fingerprint density at radius 3 is 2.15 bits per heavy atom. The van der Waals surface area contributed by atoms with Gasteiger partial charge in [-0.05, 0) is 0 Å². The SMILES string of the molecule is COc1c(Cl)c(C(C)(C)C)nn1C. The molecule has 1 aromatic heterocycles. The van der Waals surface area contributed by atoms with E-state index in [2.05, 4.69) is 25.9 Å². The highest BCUT2D eigenvalue weighted by Gasteiger charge is 2.25. The summed E-state index contributed by atoms with van der Waals surface area (Å²) in [6.07, 6.45) is 0. The minimum atomic E-state index is -0.0500. The van der Waals surface area contributed by atoms with Crippen molar-refractivity contribution in [2.24, 2.45) is 7.05 Å². The van der Waals surface area contributed by atoms with Gasteiger partial charge in [0.25, 0.3) is 0 Å². The molecule has 13 heavy (non-hydrogen) atoms. The number of nitrogens with zero attached hydrogens (tertiary/aromatic N) is 2. The monoisotopic (exact) mass is 202 g/mol. The third-order valence-electron chi connectivity index (χ3n) is 1.84. The molecule has 0 aromatic carbocycles. The molecule has 0 saturated heterocycles. The lowest BCUT2D eigenvalue weighted by Gasteiger charge is -2.14. The first kappa shape index (κ1) is 10.4. The van der Waals surface area contributed by atoms with Gasteiger partial charge >= 0.3 is 0 Å². The Hall–Kier alpha value is -0.700. The van der Waals surface area contributed by atoms with Gasteiger partial charge in [0.1, 0.15) is 5.02 Å². The molecule has 0 N–H and O–H groups in total. The average Bonchev–Trinajstić information content (AvgIpc) is 2.25. The molecule has 0 aliphatic carbocycles. The van der Waals surface area contributed by atoms with Gasteiger partial charge in [0.05, 0.1) is 12.8 Å². The van der Waals surface area contributed by atoms with Crippen LogP contribution in [0.1, 0.15) is 26.5 Å². The van der Waals surface area contributed by atoms with Crippen molar-refractivity contribution in [3.05, 3.63) is 10.7 Å². The number of aromatic nitrogens is 2. The van der Waals surface area contributed by atoms with E-state index < -0.39 is 0 Å². The zero-order chi connectivity index (χ0) is 10.2. The van der Waals surface area contributed by atoms with E-state index >= 15 is 0 Å². The predicted octanol–water partition coefficient (Wildman–Crippen LogP) is 2.38. The fourth-order valence-electron chi connectivity index (χ4n) is 1.18. The highest BCUT2D eigenvalue weighted by Crippen LogP contribution is 2.34. The summed E-state index contributed by atoms with van der Waals surface area (Å²) >= 11 is 6.11. The van der Waals surface area contributed by atoms with Gasteiger partial charge in [-0.25, -0.2) is 4.68 Å². The van der Waals surface area contributed by atoms with E-state index in [0.29, 0.717) is 10.9 Å². The molecule has 0 radical (unpaired) electrons. The Kier molecular flexibility index (Phi) is 2.57. The molecular weight excluding hydrogens is 188 g/mol. The van der Waals surface area contributed by atoms with E-state index in [9.17, 15) is 0 Å². The minimum Gasteiger partial charge on any atom is -0.480 e. The summed E-state index contributed by atoms with van der Waals surface area (Å²) in [5.74, 6) is 0.617. The van der Waals surface area contributed by atoms with Crippen molar-refractivity contribution in [2.75, 3.05) is 7.11 Å². The lowest BCUT2D eigenvalue weighted by Crippen LogP contribution is -2.12. The Morgan fingerprint density at radius 1 is 1.38 bits per heavy atom. The number of halogens is 1. The maximum absolute atomic E-state index is 6.11. The van der Waals surface area contributed by atoms with Crippen LogP contribution in [-0.2, 0) is 12.5 Å². The molecule has 4 heteroatoms. The molecule has 0 amide bonds. The standard InChI is InChI=1S/C9H15ClN2O/c1-9(2,3)7-6(10)8(13-5)12(4)11-7/h1-5H3. The van der Waals surface area contributed by atoms with Crippen LogP contribution >= 0.6 is 11.6 Å². The normalized spacial score (nSPS) is 11.8. The summed E-state index contributed by atoms with van der Waals surface area (Å²) in [5.41, 5.74) is 0.819. The van der Waals surface area contributed by atoms with Gasteiger partial charge in [0.2, 0.25) is 5.88 Å². The van der Waals surface area contributed by atoms with Gasteiger partial charge in [-0.15, -0.1) is 0 Å². The third kappa shape index (κ3) is 1.80. The lowest BCUT2D eigenvalue weighted by molar-refractivity contribution is 0.373. The van der Waals surface area contributed by atoms with Crippen LogP contribution in [-0.4, -0.2) is 16.9 Å². The number of methoxy groups -OCH3 is 1. The summed E-state index contributed by atoms with van der Waals surface area (Å²) < 4.78 is 6.78. The second kappa shape index (κ2) is 3.22. The summed E-state index contributed by atoms with van der Waals surface area (Å²) in [4.78, 5) is 0. The van der Waals surface area contributed by atoms with Gasteiger partial charge in [-0.3, -0.25) is 0 Å². The van der Waals surface area contributed by atoms with Crippen molar-refractivity contribution < 1.29 is 4.74 Å². The van der Waals surface area contributed by atoms with Crippen molar-refractivity contribution in [3.8, 4) is 5.88 Å². The van der Waals surface area contributed by atoms with E-state index in [0.717, 1.165) is 5.69 Å². The highest BCUT2D eigenvalue weighted by molar-refractivity contribution is 6.32. The van der Waals surface area contributed by atoms with E-state index in [1.54, 1.807) is 11.8 Å². The van der Waals surface area contributed by atoms with Crippen LogP contribution in [0.4, 0.5) is 0 Å². The molecule has 0 spiro atoms. The molecule has 0 aliphatic heterocycles. The minimum absolute atomic E-state index is 0.0500. The largest absolute Gasteiger partial charge is 0.480 e. The summed E-state index contributed by atoms with van der Waals surface area (Å²) in [7, 11) is 3.41. The quantitative estimate of drug-likeness (QED) is 0.699. The van der Waals surface area contributed by atoms with Crippen molar-refractivity contribution in [3.63, 3.8) is 0 Å².